The molecule has 0 fully saturated rings. The maximum atomic E-state index is 8.65. The molecule has 1 rings (SSSR count). The van der Waals surface area contributed by atoms with Crippen molar-refractivity contribution in [3.8, 4) is 11.5 Å². The van der Waals surface area contributed by atoms with Crippen LogP contribution in [0, 0.1) is 0 Å². The molecule has 0 aliphatic heterocycles. The molecule has 1 aromatic carbocycles. The third kappa shape index (κ3) is 5.71. The monoisotopic (exact) mass is 190 g/mol. The maximum absolute atomic E-state index is 8.65. The van der Waals surface area contributed by atoms with Crippen molar-refractivity contribution < 1.29 is 116 Å². The van der Waals surface area contributed by atoms with Gasteiger partial charge in [-0.25, -0.2) is 0 Å². The molecule has 0 radical (unpaired) electrons. The standard InChI is InChI=1S/C6H6O2.2K.2H/c7-5-2-1-3-6(8)4-5;;;;/h1-4,7-8H;;;;/q;2*+1;2*-1. The Hall–Kier alpha value is 2.09. The second-order valence-electron chi connectivity index (χ2n) is 1.52. The second-order valence-corrected chi connectivity index (χ2v) is 1.52. The van der Waals surface area contributed by atoms with E-state index in [1.807, 2.05) is 0 Å². The van der Waals surface area contributed by atoms with Crippen LogP contribution in [-0.4, -0.2) is 10.2 Å². The molecule has 10 heavy (non-hydrogen) atoms. The SMILES string of the molecule is Oc1cccc(O)c1.[H-].[H-].[K+].[K+]. The number of aromatic hydroxyl groups is 2. The van der Waals surface area contributed by atoms with E-state index >= 15 is 0 Å². The van der Waals surface area contributed by atoms with Crippen LogP contribution in [0.1, 0.15) is 2.85 Å². The maximum Gasteiger partial charge on any atom is 1.00 e. The predicted molar refractivity (Wildman–Crippen MR) is 32.0 cm³/mol. The first-order valence-corrected chi connectivity index (χ1v) is 2.27. The van der Waals surface area contributed by atoms with Gasteiger partial charge in [-0.2, -0.15) is 0 Å². The number of phenols is 2. The molecule has 0 saturated carbocycles. The number of rotatable bonds is 0. The molecular formula is C6H8K2O2. The van der Waals surface area contributed by atoms with Gasteiger partial charge in [0.1, 0.15) is 11.5 Å². The van der Waals surface area contributed by atoms with Crippen molar-refractivity contribution >= 4 is 0 Å². The van der Waals surface area contributed by atoms with Crippen molar-refractivity contribution in [2.24, 2.45) is 0 Å². The van der Waals surface area contributed by atoms with Gasteiger partial charge in [0.15, 0.2) is 0 Å². The Morgan fingerprint density at radius 1 is 1.00 bits per heavy atom. The molecule has 0 atom stereocenters. The summed E-state index contributed by atoms with van der Waals surface area (Å²) >= 11 is 0. The van der Waals surface area contributed by atoms with E-state index in [2.05, 4.69) is 0 Å². The van der Waals surface area contributed by atoms with Gasteiger partial charge in [0, 0.05) is 6.07 Å². The van der Waals surface area contributed by atoms with Crippen LogP contribution in [0.4, 0.5) is 0 Å². The van der Waals surface area contributed by atoms with Crippen LogP contribution in [0.2, 0.25) is 0 Å². The summed E-state index contributed by atoms with van der Waals surface area (Å²) < 4.78 is 0. The topological polar surface area (TPSA) is 40.5 Å². The minimum absolute atomic E-state index is 0. The Labute approximate surface area is 148 Å². The van der Waals surface area contributed by atoms with Gasteiger partial charge in [0.2, 0.25) is 0 Å². The van der Waals surface area contributed by atoms with E-state index < -0.39 is 0 Å². The molecule has 2 nitrogen and oxygen atoms in total. The van der Waals surface area contributed by atoms with E-state index in [-0.39, 0.29) is 117 Å². The Morgan fingerprint density at radius 2 is 1.40 bits per heavy atom. The van der Waals surface area contributed by atoms with Gasteiger partial charge in [0.25, 0.3) is 0 Å². The summed E-state index contributed by atoms with van der Waals surface area (Å²) in [6.45, 7) is 0. The summed E-state index contributed by atoms with van der Waals surface area (Å²) in [6.07, 6.45) is 0. The summed E-state index contributed by atoms with van der Waals surface area (Å²) in [4.78, 5) is 0. The molecule has 0 bridgehead atoms. The van der Waals surface area contributed by atoms with Gasteiger partial charge < -0.3 is 13.1 Å². The van der Waals surface area contributed by atoms with Gasteiger partial charge in [0.05, 0.1) is 0 Å². The van der Waals surface area contributed by atoms with Crippen LogP contribution in [0.3, 0.4) is 0 Å². The van der Waals surface area contributed by atoms with Crippen LogP contribution in [-0.2, 0) is 0 Å². The smallest absolute Gasteiger partial charge is 1.00 e. The fourth-order valence-electron chi connectivity index (χ4n) is 0.493. The predicted octanol–water partition coefficient (Wildman–Crippen LogP) is -4.67. The van der Waals surface area contributed by atoms with Crippen molar-refractivity contribution in [2.75, 3.05) is 0 Å². The molecule has 1 aromatic rings. The molecule has 0 saturated heterocycles. The Morgan fingerprint density at radius 3 is 1.60 bits per heavy atom. The van der Waals surface area contributed by atoms with Crippen LogP contribution < -0.4 is 103 Å². The molecule has 0 amide bonds. The summed E-state index contributed by atoms with van der Waals surface area (Å²) in [7, 11) is 0. The van der Waals surface area contributed by atoms with Crippen LogP contribution in [0.25, 0.3) is 0 Å². The summed E-state index contributed by atoms with van der Waals surface area (Å²) in [5.41, 5.74) is 0. The molecule has 0 unspecified atom stereocenters. The molecular weight excluding hydrogens is 182 g/mol. The van der Waals surface area contributed by atoms with Crippen LogP contribution in [0.15, 0.2) is 24.3 Å². The van der Waals surface area contributed by atoms with Crippen molar-refractivity contribution in [1.82, 2.24) is 0 Å². The minimum atomic E-state index is 0. The first kappa shape index (κ1) is 14.6. The average molecular weight is 190 g/mol. The largest absolute Gasteiger partial charge is 1.00 e. The summed E-state index contributed by atoms with van der Waals surface area (Å²) in [5.74, 6) is 0.176. The van der Waals surface area contributed by atoms with Crippen LogP contribution in [0.5, 0.6) is 11.5 Å². The zero-order valence-electron chi connectivity index (χ0n) is 8.20. The Kier molecular flexibility index (Phi) is 11.3. The van der Waals surface area contributed by atoms with E-state index in [9.17, 15) is 0 Å². The van der Waals surface area contributed by atoms with E-state index in [1.54, 1.807) is 6.07 Å². The second kappa shape index (κ2) is 7.73. The van der Waals surface area contributed by atoms with Crippen molar-refractivity contribution in [3.63, 3.8) is 0 Å². The fraction of sp³-hybridized carbons (Fsp3) is 0. The van der Waals surface area contributed by atoms with Crippen molar-refractivity contribution in [3.05, 3.63) is 24.3 Å². The normalized spacial score (nSPS) is 7.20. The first-order valence-electron chi connectivity index (χ1n) is 2.27. The molecule has 0 spiro atoms. The third-order valence-corrected chi connectivity index (χ3v) is 0.830. The van der Waals surface area contributed by atoms with Gasteiger partial charge in [-0.05, 0) is 12.1 Å². The number of hydrogen-bond acceptors (Lipinski definition) is 2. The minimum Gasteiger partial charge on any atom is -1.00 e. The van der Waals surface area contributed by atoms with Gasteiger partial charge in [-0.3, -0.25) is 0 Å². The quantitative estimate of drug-likeness (QED) is 0.404. The number of hydrogen-bond donors (Lipinski definition) is 2. The van der Waals surface area contributed by atoms with E-state index in [1.165, 1.54) is 18.2 Å². The zero-order valence-corrected chi connectivity index (χ0v) is 12.5. The Bertz CT molecular complexity index is 181. The molecule has 0 aliphatic carbocycles. The van der Waals surface area contributed by atoms with Crippen molar-refractivity contribution in [2.45, 2.75) is 0 Å². The van der Waals surface area contributed by atoms with E-state index in [0.29, 0.717) is 0 Å². The zero-order chi connectivity index (χ0) is 5.98. The van der Waals surface area contributed by atoms with Gasteiger partial charge in [-0.1, -0.05) is 6.07 Å². The van der Waals surface area contributed by atoms with E-state index in [0.717, 1.165) is 0 Å². The van der Waals surface area contributed by atoms with Crippen molar-refractivity contribution in [1.29, 1.82) is 0 Å². The number of benzene rings is 1. The molecule has 4 heteroatoms. The average Bonchev–Trinajstić information content (AvgIpc) is 1.64. The molecule has 46 valence electrons. The van der Waals surface area contributed by atoms with Gasteiger partial charge >= 0.3 is 103 Å². The number of phenolic OH excluding ortho intramolecular Hbond substituents is 2. The molecule has 2 N–H and O–H groups in total. The van der Waals surface area contributed by atoms with E-state index in [4.69, 9.17) is 10.2 Å². The summed E-state index contributed by atoms with van der Waals surface area (Å²) in [5, 5.41) is 17.3. The molecule has 0 heterocycles. The fourth-order valence-corrected chi connectivity index (χ4v) is 0.493. The first-order chi connectivity index (χ1) is 3.79. The third-order valence-electron chi connectivity index (χ3n) is 0.830. The molecule has 0 aromatic heterocycles. The van der Waals surface area contributed by atoms with Gasteiger partial charge in [-0.15, -0.1) is 0 Å². The summed E-state index contributed by atoms with van der Waals surface area (Å²) in [6, 6.07) is 5.85. The molecule has 0 aliphatic rings. The Balaban J connectivity index is -0.0000000800. The van der Waals surface area contributed by atoms with Crippen LogP contribution >= 0.6 is 0 Å².